The van der Waals surface area contributed by atoms with Crippen molar-refractivity contribution < 1.29 is 23.1 Å². The quantitative estimate of drug-likeness (QED) is 0.855. The van der Waals surface area contributed by atoms with Crippen LogP contribution in [0, 0.1) is 11.3 Å². The molecule has 0 bridgehead atoms. The minimum Gasteiger partial charge on any atom is -0.390 e. The SMILES string of the molecule is CC(C)[C@]1(O)CC[C@]2(CCN(c3ccc(C(F)(F)F)cc3)C2=O)CC1. The molecule has 1 aromatic rings. The largest absolute Gasteiger partial charge is 0.416 e. The lowest BCUT2D eigenvalue weighted by atomic mass is 9.65. The lowest BCUT2D eigenvalue weighted by molar-refractivity contribution is -0.137. The fourth-order valence-corrected chi connectivity index (χ4v) is 4.10. The third-order valence-electron chi connectivity index (χ3n) is 6.17. The predicted octanol–water partition coefficient (Wildman–Crippen LogP) is 4.39. The summed E-state index contributed by atoms with van der Waals surface area (Å²) < 4.78 is 38.1. The van der Waals surface area contributed by atoms with Crippen molar-refractivity contribution in [3.63, 3.8) is 0 Å². The van der Waals surface area contributed by atoms with Crippen LogP contribution in [0.4, 0.5) is 18.9 Å². The molecule has 1 aliphatic heterocycles. The molecule has 1 spiro atoms. The van der Waals surface area contributed by atoms with Crippen molar-refractivity contribution in [2.75, 3.05) is 11.4 Å². The van der Waals surface area contributed by atoms with E-state index < -0.39 is 22.8 Å². The lowest BCUT2D eigenvalue weighted by Gasteiger charge is -2.43. The first-order valence-corrected chi connectivity index (χ1v) is 8.79. The maximum atomic E-state index is 13.0. The van der Waals surface area contributed by atoms with E-state index in [0.717, 1.165) is 12.1 Å². The Balaban J connectivity index is 1.75. The minimum atomic E-state index is -4.38. The molecule has 6 heteroatoms. The van der Waals surface area contributed by atoms with Gasteiger partial charge in [-0.1, -0.05) is 13.8 Å². The molecular weight excluding hydrogens is 331 g/mol. The highest BCUT2D eigenvalue weighted by atomic mass is 19.4. The number of anilines is 1. The van der Waals surface area contributed by atoms with E-state index in [1.54, 1.807) is 4.90 Å². The maximum Gasteiger partial charge on any atom is 0.416 e. The van der Waals surface area contributed by atoms with Crippen molar-refractivity contribution >= 4 is 11.6 Å². The molecule has 1 heterocycles. The topological polar surface area (TPSA) is 40.5 Å². The minimum absolute atomic E-state index is 0.0157. The summed E-state index contributed by atoms with van der Waals surface area (Å²) in [5, 5.41) is 10.6. The molecule has 1 N–H and O–H groups in total. The highest BCUT2D eigenvalue weighted by Crippen LogP contribution is 2.50. The number of nitrogens with zero attached hydrogens (tertiary/aromatic N) is 1. The number of benzene rings is 1. The van der Waals surface area contributed by atoms with Crippen molar-refractivity contribution in [1.29, 1.82) is 0 Å². The van der Waals surface area contributed by atoms with Gasteiger partial charge < -0.3 is 10.0 Å². The second-order valence-electron chi connectivity index (χ2n) is 7.79. The van der Waals surface area contributed by atoms with E-state index in [0.29, 0.717) is 44.3 Å². The van der Waals surface area contributed by atoms with Gasteiger partial charge in [0.1, 0.15) is 0 Å². The zero-order chi connectivity index (χ0) is 18.5. The van der Waals surface area contributed by atoms with E-state index in [2.05, 4.69) is 0 Å². The van der Waals surface area contributed by atoms with Gasteiger partial charge in [-0.2, -0.15) is 13.2 Å². The van der Waals surface area contributed by atoms with Crippen LogP contribution in [0.15, 0.2) is 24.3 Å². The molecule has 1 saturated heterocycles. The second-order valence-corrected chi connectivity index (χ2v) is 7.79. The number of halogens is 3. The van der Waals surface area contributed by atoms with Crippen LogP contribution < -0.4 is 4.90 Å². The highest BCUT2D eigenvalue weighted by molar-refractivity contribution is 6.00. The van der Waals surface area contributed by atoms with Crippen molar-refractivity contribution in [1.82, 2.24) is 0 Å². The van der Waals surface area contributed by atoms with Gasteiger partial charge in [0.15, 0.2) is 0 Å². The first-order chi connectivity index (χ1) is 11.6. The zero-order valence-corrected chi connectivity index (χ0v) is 14.6. The average Bonchev–Trinajstić information content (AvgIpc) is 2.87. The molecule has 0 atom stereocenters. The number of carbonyl (C=O) groups excluding carboxylic acids is 1. The van der Waals surface area contributed by atoms with E-state index in [9.17, 15) is 23.1 Å². The Morgan fingerprint density at radius 3 is 2.08 bits per heavy atom. The van der Waals surface area contributed by atoms with E-state index in [1.165, 1.54) is 12.1 Å². The van der Waals surface area contributed by atoms with Crippen molar-refractivity contribution in [3.8, 4) is 0 Å². The molecule has 0 aromatic heterocycles. The smallest absolute Gasteiger partial charge is 0.390 e. The summed E-state index contributed by atoms with van der Waals surface area (Å²) in [4.78, 5) is 14.6. The van der Waals surface area contributed by atoms with Crippen LogP contribution in [0.5, 0.6) is 0 Å². The Kier molecular flexibility index (Phi) is 4.38. The van der Waals surface area contributed by atoms with Gasteiger partial charge in [-0.15, -0.1) is 0 Å². The highest BCUT2D eigenvalue weighted by Gasteiger charge is 2.52. The molecule has 1 aliphatic carbocycles. The molecule has 1 amide bonds. The van der Waals surface area contributed by atoms with E-state index in [4.69, 9.17) is 0 Å². The Morgan fingerprint density at radius 1 is 1.04 bits per heavy atom. The van der Waals surface area contributed by atoms with Crippen LogP contribution in [0.3, 0.4) is 0 Å². The van der Waals surface area contributed by atoms with Crippen LogP contribution in [0.2, 0.25) is 0 Å². The molecule has 25 heavy (non-hydrogen) atoms. The first kappa shape index (κ1) is 18.2. The molecule has 3 nitrogen and oxygen atoms in total. The summed E-state index contributed by atoms with van der Waals surface area (Å²) in [6, 6.07) is 4.78. The number of aliphatic hydroxyl groups is 1. The summed E-state index contributed by atoms with van der Waals surface area (Å²) in [7, 11) is 0. The molecule has 1 saturated carbocycles. The third-order valence-corrected chi connectivity index (χ3v) is 6.17. The van der Waals surface area contributed by atoms with Gasteiger partial charge in [0, 0.05) is 12.2 Å². The van der Waals surface area contributed by atoms with Gasteiger partial charge >= 0.3 is 6.18 Å². The Hall–Kier alpha value is -1.56. The standard InChI is InChI=1S/C19H24F3NO2/c1-13(2)18(25)9-7-17(8-10-18)11-12-23(16(17)24)15-5-3-14(4-6-15)19(20,21)22/h3-6,13,25H,7-12H2,1-2H3/t17-,18+. The summed E-state index contributed by atoms with van der Waals surface area (Å²) in [5.41, 5.74) is -1.38. The molecule has 3 rings (SSSR count). The molecule has 138 valence electrons. The molecule has 1 aromatic carbocycles. The van der Waals surface area contributed by atoms with Crippen molar-refractivity contribution in [3.05, 3.63) is 29.8 Å². The molecule has 2 aliphatic rings. The molecule has 0 radical (unpaired) electrons. The fourth-order valence-electron chi connectivity index (χ4n) is 4.10. The summed E-state index contributed by atoms with van der Waals surface area (Å²) in [5.74, 6) is 0.130. The summed E-state index contributed by atoms with van der Waals surface area (Å²) in [6.07, 6.45) is -1.22. The van der Waals surface area contributed by atoms with E-state index in [1.807, 2.05) is 13.8 Å². The van der Waals surface area contributed by atoms with Crippen LogP contribution >= 0.6 is 0 Å². The van der Waals surface area contributed by atoms with Gasteiger partial charge in [0.2, 0.25) is 5.91 Å². The Bertz CT molecular complexity index is 644. The van der Waals surface area contributed by atoms with Crippen LogP contribution in [-0.4, -0.2) is 23.2 Å². The monoisotopic (exact) mass is 355 g/mol. The number of hydrogen-bond acceptors (Lipinski definition) is 2. The Morgan fingerprint density at radius 2 is 1.60 bits per heavy atom. The average molecular weight is 355 g/mol. The summed E-state index contributed by atoms with van der Waals surface area (Å²) in [6.45, 7) is 4.50. The van der Waals surface area contributed by atoms with Gasteiger partial charge in [-0.3, -0.25) is 4.79 Å². The van der Waals surface area contributed by atoms with E-state index >= 15 is 0 Å². The molecule has 0 unspecified atom stereocenters. The first-order valence-electron chi connectivity index (χ1n) is 8.79. The second kappa shape index (κ2) is 6.01. The maximum absolute atomic E-state index is 13.0. The summed E-state index contributed by atoms with van der Waals surface area (Å²) >= 11 is 0. The number of amides is 1. The lowest BCUT2D eigenvalue weighted by Crippen LogP contribution is -2.46. The third kappa shape index (κ3) is 3.16. The normalized spacial score (nSPS) is 30.5. The molecular formula is C19H24F3NO2. The number of rotatable bonds is 2. The molecule has 2 fully saturated rings. The van der Waals surface area contributed by atoms with Gasteiger partial charge in [-0.25, -0.2) is 0 Å². The van der Waals surface area contributed by atoms with Crippen molar-refractivity contribution in [2.24, 2.45) is 11.3 Å². The van der Waals surface area contributed by atoms with Crippen LogP contribution in [0.25, 0.3) is 0 Å². The fraction of sp³-hybridized carbons (Fsp3) is 0.632. The van der Waals surface area contributed by atoms with Gasteiger partial charge in [0.05, 0.1) is 16.6 Å². The van der Waals surface area contributed by atoms with Crippen molar-refractivity contribution in [2.45, 2.75) is 57.7 Å². The number of carbonyl (C=O) groups is 1. The number of hydrogen-bond donors (Lipinski definition) is 1. The zero-order valence-electron chi connectivity index (χ0n) is 14.6. The van der Waals surface area contributed by atoms with Gasteiger partial charge in [0.25, 0.3) is 0 Å². The van der Waals surface area contributed by atoms with Crippen LogP contribution in [-0.2, 0) is 11.0 Å². The van der Waals surface area contributed by atoms with E-state index in [-0.39, 0.29) is 11.8 Å². The van der Waals surface area contributed by atoms with Gasteiger partial charge in [-0.05, 0) is 62.3 Å². The van der Waals surface area contributed by atoms with Crippen LogP contribution in [0.1, 0.15) is 51.5 Å². The predicted molar refractivity (Wildman–Crippen MR) is 89.1 cm³/mol. The number of alkyl halides is 3. The Labute approximate surface area is 145 Å².